The second-order valence-corrected chi connectivity index (χ2v) is 6.22. The Hall–Kier alpha value is -2.24. The summed E-state index contributed by atoms with van der Waals surface area (Å²) in [5.74, 6) is 0.866. The third-order valence-corrected chi connectivity index (χ3v) is 4.31. The normalized spacial score (nSPS) is 22.9. The summed E-state index contributed by atoms with van der Waals surface area (Å²) >= 11 is 0. The van der Waals surface area contributed by atoms with Crippen LogP contribution in [0.5, 0.6) is 5.75 Å². The fourth-order valence-electron chi connectivity index (χ4n) is 3.25. The molecule has 0 unspecified atom stereocenters. The molecule has 1 aromatic rings. The lowest BCUT2D eigenvalue weighted by molar-refractivity contribution is -0.119. The van der Waals surface area contributed by atoms with Crippen molar-refractivity contribution >= 4 is 11.9 Å². The molecular formula is C17H23N3O3. The maximum atomic E-state index is 12.3. The van der Waals surface area contributed by atoms with Gasteiger partial charge in [0.2, 0.25) is 5.91 Å². The number of nitrogens with zero attached hydrogens (tertiary/aromatic N) is 1. The van der Waals surface area contributed by atoms with Gasteiger partial charge in [-0.15, -0.1) is 0 Å². The van der Waals surface area contributed by atoms with Gasteiger partial charge in [0.1, 0.15) is 11.9 Å². The van der Waals surface area contributed by atoms with E-state index in [-0.39, 0.29) is 24.1 Å². The summed E-state index contributed by atoms with van der Waals surface area (Å²) in [5.41, 5.74) is 1.19. The number of nitrogens with one attached hydrogen (secondary N) is 2. The minimum absolute atomic E-state index is 0.00715. The van der Waals surface area contributed by atoms with E-state index in [0.29, 0.717) is 13.1 Å². The Bertz CT molecular complexity index is 565. The molecule has 0 radical (unpaired) electrons. The third-order valence-electron chi connectivity index (χ3n) is 4.31. The lowest BCUT2D eigenvalue weighted by atomic mass is 10.1. The van der Waals surface area contributed by atoms with Gasteiger partial charge in [-0.3, -0.25) is 4.79 Å². The molecular weight excluding hydrogens is 294 g/mol. The highest BCUT2D eigenvalue weighted by molar-refractivity contribution is 5.75. The number of amides is 3. The van der Waals surface area contributed by atoms with E-state index in [9.17, 15) is 9.59 Å². The lowest BCUT2D eigenvalue weighted by Crippen LogP contribution is -2.52. The Kier molecular flexibility index (Phi) is 4.69. The first-order valence-electron chi connectivity index (χ1n) is 8.16. The molecule has 0 spiro atoms. The molecule has 124 valence electrons. The van der Waals surface area contributed by atoms with Gasteiger partial charge in [-0.05, 0) is 24.5 Å². The zero-order chi connectivity index (χ0) is 16.2. The van der Waals surface area contributed by atoms with Crippen LogP contribution in [0.2, 0.25) is 0 Å². The highest BCUT2D eigenvalue weighted by Gasteiger charge is 2.26. The monoisotopic (exact) mass is 317 g/mol. The van der Waals surface area contributed by atoms with Gasteiger partial charge in [0.05, 0.1) is 6.54 Å². The molecule has 1 fully saturated rings. The van der Waals surface area contributed by atoms with Crippen molar-refractivity contribution in [2.24, 2.45) is 0 Å². The van der Waals surface area contributed by atoms with Crippen molar-refractivity contribution in [3.8, 4) is 5.75 Å². The summed E-state index contributed by atoms with van der Waals surface area (Å²) in [5, 5.41) is 5.84. The zero-order valence-corrected chi connectivity index (χ0v) is 13.4. The van der Waals surface area contributed by atoms with E-state index in [1.807, 2.05) is 18.2 Å². The first-order valence-corrected chi connectivity index (χ1v) is 8.16. The maximum absolute atomic E-state index is 12.3. The van der Waals surface area contributed by atoms with Crippen LogP contribution in [0.25, 0.3) is 0 Å². The topological polar surface area (TPSA) is 70.7 Å². The van der Waals surface area contributed by atoms with Crippen LogP contribution >= 0.6 is 0 Å². The van der Waals surface area contributed by atoms with Crippen molar-refractivity contribution in [3.63, 3.8) is 0 Å². The highest BCUT2D eigenvalue weighted by Crippen LogP contribution is 2.27. The molecule has 0 bridgehead atoms. The Morgan fingerprint density at radius 2 is 2.17 bits per heavy atom. The highest BCUT2D eigenvalue weighted by atomic mass is 16.5. The second kappa shape index (κ2) is 6.89. The summed E-state index contributed by atoms with van der Waals surface area (Å²) in [4.78, 5) is 25.2. The Morgan fingerprint density at radius 3 is 2.96 bits per heavy atom. The van der Waals surface area contributed by atoms with Gasteiger partial charge in [0.25, 0.3) is 0 Å². The van der Waals surface area contributed by atoms with Crippen molar-refractivity contribution in [1.82, 2.24) is 15.5 Å². The number of carbonyl (C=O) groups is 2. The molecule has 0 saturated carbocycles. The molecule has 3 rings (SSSR count). The summed E-state index contributed by atoms with van der Waals surface area (Å²) < 4.78 is 5.83. The summed E-state index contributed by atoms with van der Waals surface area (Å²) in [7, 11) is 0. The maximum Gasteiger partial charge on any atom is 0.317 e. The predicted octanol–water partition coefficient (Wildman–Crippen LogP) is 1.30. The zero-order valence-electron chi connectivity index (χ0n) is 13.4. The standard InChI is InChI=1S/C17H23N3O3/c1-12(21)19-14-6-4-8-20(11-14)17(22)18-10-15-9-13-5-2-3-7-16(13)23-15/h2-3,5,7,14-15H,4,6,8-11H2,1H3,(H,18,22)(H,19,21)/t14-,15-/m0/s1. The molecule has 23 heavy (non-hydrogen) atoms. The lowest BCUT2D eigenvalue weighted by Gasteiger charge is -2.33. The molecule has 2 atom stereocenters. The molecule has 6 heteroatoms. The average molecular weight is 317 g/mol. The van der Waals surface area contributed by atoms with Crippen LogP contribution in [0.4, 0.5) is 4.79 Å². The van der Waals surface area contributed by atoms with Crippen molar-refractivity contribution in [3.05, 3.63) is 29.8 Å². The van der Waals surface area contributed by atoms with E-state index >= 15 is 0 Å². The number of urea groups is 1. The minimum Gasteiger partial charge on any atom is -0.488 e. The number of likely N-dealkylation sites (tertiary alicyclic amines) is 1. The molecule has 2 heterocycles. The molecule has 2 N–H and O–H groups in total. The first-order chi connectivity index (χ1) is 11.1. The fraction of sp³-hybridized carbons (Fsp3) is 0.529. The van der Waals surface area contributed by atoms with E-state index in [2.05, 4.69) is 16.7 Å². The largest absolute Gasteiger partial charge is 0.488 e. The van der Waals surface area contributed by atoms with E-state index < -0.39 is 0 Å². The number of hydrogen-bond donors (Lipinski definition) is 2. The number of ether oxygens (including phenoxy) is 1. The molecule has 2 aliphatic heterocycles. The van der Waals surface area contributed by atoms with Crippen LogP contribution in [0, 0.1) is 0 Å². The van der Waals surface area contributed by atoms with Crippen LogP contribution in [0.1, 0.15) is 25.3 Å². The van der Waals surface area contributed by atoms with Crippen LogP contribution in [0.3, 0.4) is 0 Å². The summed E-state index contributed by atoms with van der Waals surface area (Å²) in [6.07, 6.45) is 2.64. The number of fused-ring (bicyclic) bond motifs is 1. The number of rotatable bonds is 3. The van der Waals surface area contributed by atoms with Crippen molar-refractivity contribution < 1.29 is 14.3 Å². The first kappa shape index (κ1) is 15.6. The quantitative estimate of drug-likeness (QED) is 0.883. The van der Waals surface area contributed by atoms with Crippen LogP contribution in [-0.4, -0.2) is 48.6 Å². The van der Waals surface area contributed by atoms with E-state index in [1.54, 1.807) is 4.90 Å². The van der Waals surface area contributed by atoms with Gasteiger partial charge in [-0.2, -0.15) is 0 Å². The molecule has 0 aromatic heterocycles. The molecule has 1 saturated heterocycles. The van der Waals surface area contributed by atoms with E-state index in [0.717, 1.165) is 31.6 Å². The number of para-hydroxylation sites is 1. The predicted molar refractivity (Wildman–Crippen MR) is 86.4 cm³/mol. The molecule has 1 aromatic carbocycles. The third kappa shape index (κ3) is 3.94. The molecule has 3 amide bonds. The SMILES string of the molecule is CC(=O)N[C@H]1CCCN(C(=O)NC[C@@H]2Cc3ccccc3O2)C1. The van der Waals surface area contributed by atoms with Crippen LogP contribution < -0.4 is 15.4 Å². The number of benzene rings is 1. The number of carbonyl (C=O) groups excluding carboxylic acids is 2. The van der Waals surface area contributed by atoms with Gasteiger partial charge in [-0.1, -0.05) is 18.2 Å². The van der Waals surface area contributed by atoms with Gasteiger partial charge in [0, 0.05) is 32.5 Å². The summed E-state index contributed by atoms with van der Waals surface area (Å²) in [6.45, 7) is 3.30. The Balaban J connectivity index is 1.46. The number of piperidine rings is 1. The fourth-order valence-corrected chi connectivity index (χ4v) is 3.25. The molecule has 2 aliphatic rings. The van der Waals surface area contributed by atoms with Gasteiger partial charge in [0.15, 0.2) is 0 Å². The Morgan fingerprint density at radius 1 is 1.35 bits per heavy atom. The summed E-state index contributed by atoms with van der Waals surface area (Å²) in [6, 6.07) is 7.94. The molecule has 6 nitrogen and oxygen atoms in total. The minimum atomic E-state index is -0.0837. The van der Waals surface area contributed by atoms with Crippen LogP contribution in [0.15, 0.2) is 24.3 Å². The number of hydrogen-bond acceptors (Lipinski definition) is 3. The van der Waals surface area contributed by atoms with Crippen molar-refractivity contribution in [1.29, 1.82) is 0 Å². The molecule has 0 aliphatic carbocycles. The second-order valence-electron chi connectivity index (χ2n) is 6.22. The Labute approximate surface area is 136 Å². The van der Waals surface area contributed by atoms with Gasteiger partial charge >= 0.3 is 6.03 Å². The van der Waals surface area contributed by atoms with Crippen molar-refractivity contribution in [2.75, 3.05) is 19.6 Å². The van der Waals surface area contributed by atoms with Gasteiger partial charge in [-0.25, -0.2) is 4.79 Å². The van der Waals surface area contributed by atoms with Crippen LogP contribution in [-0.2, 0) is 11.2 Å². The average Bonchev–Trinajstić information content (AvgIpc) is 2.95. The van der Waals surface area contributed by atoms with Crippen molar-refractivity contribution in [2.45, 2.75) is 38.3 Å². The van der Waals surface area contributed by atoms with E-state index in [1.165, 1.54) is 12.5 Å². The van der Waals surface area contributed by atoms with Gasteiger partial charge < -0.3 is 20.3 Å². The van der Waals surface area contributed by atoms with E-state index in [4.69, 9.17) is 4.74 Å². The smallest absolute Gasteiger partial charge is 0.317 e.